The summed E-state index contributed by atoms with van der Waals surface area (Å²) >= 11 is 6.36. The van der Waals surface area contributed by atoms with Gasteiger partial charge in [0.25, 0.3) is 5.69 Å². The maximum Gasteiger partial charge on any atom is 0.288 e. The number of ether oxygens (including phenoxy) is 1. The van der Waals surface area contributed by atoms with Crippen LogP contribution in [0.25, 0.3) is 16.7 Å². The molecule has 0 saturated carbocycles. The van der Waals surface area contributed by atoms with Crippen LogP contribution in [0.4, 0.5) is 10.1 Å². The summed E-state index contributed by atoms with van der Waals surface area (Å²) in [5.74, 6) is 0.239. The minimum absolute atomic E-state index is 0.0204. The molecule has 0 heterocycles. The van der Waals surface area contributed by atoms with Gasteiger partial charge in [-0.1, -0.05) is 60.1 Å². The topological polar surface area (TPSA) is 52.4 Å². The number of fused-ring (bicyclic) bond motifs is 1. The second-order valence-corrected chi connectivity index (χ2v) is 7.10. The fraction of sp³-hybridized carbons (Fsp3) is 0.130. The van der Waals surface area contributed by atoms with Crippen molar-refractivity contribution >= 4 is 22.9 Å². The molecule has 0 aliphatic heterocycles. The molecule has 0 unspecified atom stereocenters. The fourth-order valence-electron chi connectivity index (χ4n) is 3.86. The number of hydrogen-bond donors (Lipinski definition) is 0. The molecule has 3 aromatic carbocycles. The number of methoxy groups -OCH3 is 1. The Labute approximate surface area is 172 Å². The van der Waals surface area contributed by atoms with Gasteiger partial charge < -0.3 is 4.74 Å². The first-order chi connectivity index (χ1) is 14.0. The van der Waals surface area contributed by atoms with Crippen LogP contribution < -0.4 is 0 Å². The first kappa shape index (κ1) is 19.2. The third-order valence-electron chi connectivity index (χ3n) is 5.16. The third-order valence-corrected chi connectivity index (χ3v) is 5.56. The van der Waals surface area contributed by atoms with E-state index in [0.29, 0.717) is 34.4 Å². The number of nitrogens with zero attached hydrogens (tertiary/aromatic N) is 1. The molecule has 1 aliphatic rings. The summed E-state index contributed by atoms with van der Waals surface area (Å²) in [6.07, 6.45) is 1.43. The number of nitro benzene ring substituents is 1. The van der Waals surface area contributed by atoms with Gasteiger partial charge >= 0.3 is 0 Å². The van der Waals surface area contributed by atoms with Gasteiger partial charge in [0, 0.05) is 29.2 Å². The number of benzene rings is 3. The predicted molar refractivity (Wildman–Crippen MR) is 111 cm³/mol. The summed E-state index contributed by atoms with van der Waals surface area (Å²) in [6, 6.07) is 17.0. The standard InChI is InChI=1S/C23H17ClFNO3/c1-29-20-13-12-14-6-2-3-7-15(14)22(20)21-16(8-4-10-18(21)25)17-9-5-11-19(23(17)24)26(27)28/h2-11H,12-13H2,1H3. The highest BCUT2D eigenvalue weighted by atomic mass is 35.5. The molecule has 6 heteroatoms. The maximum absolute atomic E-state index is 15.2. The normalized spacial score (nSPS) is 13.2. The van der Waals surface area contributed by atoms with E-state index in [9.17, 15) is 10.1 Å². The molecule has 0 atom stereocenters. The molecular formula is C23H17ClFNO3. The zero-order valence-corrected chi connectivity index (χ0v) is 16.4. The van der Waals surface area contributed by atoms with E-state index in [1.54, 1.807) is 31.4 Å². The monoisotopic (exact) mass is 409 g/mol. The second-order valence-electron chi connectivity index (χ2n) is 6.72. The Kier molecular flexibility index (Phi) is 5.07. The Hall–Kier alpha value is -3.18. The summed E-state index contributed by atoms with van der Waals surface area (Å²) in [6.45, 7) is 0. The van der Waals surface area contributed by atoms with Gasteiger partial charge in [0.15, 0.2) is 0 Å². The van der Waals surface area contributed by atoms with Gasteiger partial charge in [0.05, 0.1) is 12.0 Å². The number of halogens is 2. The van der Waals surface area contributed by atoms with Crippen molar-refractivity contribution in [2.75, 3.05) is 7.11 Å². The van der Waals surface area contributed by atoms with E-state index in [4.69, 9.17) is 16.3 Å². The van der Waals surface area contributed by atoms with Gasteiger partial charge in [-0.3, -0.25) is 10.1 Å². The minimum Gasteiger partial charge on any atom is -0.500 e. The predicted octanol–water partition coefficient (Wildman–Crippen LogP) is 6.41. The molecule has 3 aromatic rings. The van der Waals surface area contributed by atoms with Crippen molar-refractivity contribution in [2.24, 2.45) is 0 Å². The lowest BCUT2D eigenvalue weighted by Gasteiger charge is -2.25. The van der Waals surface area contributed by atoms with Crippen molar-refractivity contribution in [3.8, 4) is 11.1 Å². The summed E-state index contributed by atoms with van der Waals surface area (Å²) < 4.78 is 20.9. The van der Waals surface area contributed by atoms with E-state index >= 15 is 4.39 Å². The lowest BCUT2D eigenvalue weighted by Crippen LogP contribution is -2.09. The van der Waals surface area contributed by atoms with Crippen LogP contribution in [-0.4, -0.2) is 12.0 Å². The van der Waals surface area contributed by atoms with Crippen LogP contribution in [0, 0.1) is 15.9 Å². The zero-order valence-electron chi connectivity index (χ0n) is 15.6. The lowest BCUT2D eigenvalue weighted by atomic mass is 9.82. The molecule has 0 radical (unpaired) electrons. The van der Waals surface area contributed by atoms with E-state index in [-0.39, 0.29) is 10.7 Å². The zero-order chi connectivity index (χ0) is 20.5. The van der Waals surface area contributed by atoms with E-state index in [1.165, 1.54) is 12.1 Å². The van der Waals surface area contributed by atoms with Crippen molar-refractivity contribution in [3.63, 3.8) is 0 Å². The van der Waals surface area contributed by atoms with Gasteiger partial charge in [-0.05, 0) is 29.2 Å². The number of nitro groups is 1. The van der Waals surface area contributed by atoms with Crippen molar-refractivity contribution in [3.05, 3.63) is 104 Å². The quantitative estimate of drug-likeness (QED) is 0.369. The van der Waals surface area contributed by atoms with Crippen molar-refractivity contribution in [1.82, 2.24) is 0 Å². The van der Waals surface area contributed by atoms with E-state index < -0.39 is 10.7 Å². The third kappa shape index (κ3) is 3.28. The molecule has 0 N–H and O–H groups in total. The molecule has 0 bridgehead atoms. The van der Waals surface area contributed by atoms with Gasteiger partial charge in [-0.25, -0.2) is 4.39 Å². The Morgan fingerprint density at radius 1 is 0.966 bits per heavy atom. The van der Waals surface area contributed by atoms with Gasteiger partial charge in [-0.15, -0.1) is 0 Å². The summed E-state index contributed by atoms with van der Waals surface area (Å²) in [5, 5.41) is 11.3. The molecule has 0 spiro atoms. The molecule has 146 valence electrons. The molecule has 4 nitrogen and oxygen atoms in total. The average molecular weight is 410 g/mol. The first-order valence-corrected chi connectivity index (χ1v) is 9.48. The smallest absolute Gasteiger partial charge is 0.288 e. The highest BCUT2D eigenvalue weighted by Gasteiger charge is 2.27. The SMILES string of the molecule is COC1=C(c2c(F)cccc2-c2cccc([N+](=O)[O-])c2Cl)c2ccccc2CC1. The number of aryl methyl sites for hydroxylation is 1. The largest absolute Gasteiger partial charge is 0.500 e. The maximum atomic E-state index is 15.2. The van der Waals surface area contributed by atoms with E-state index in [2.05, 4.69) is 0 Å². The number of rotatable bonds is 4. The number of hydrogen-bond acceptors (Lipinski definition) is 3. The number of allylic oxidation sites excluding steroid dienone is 1. The van der Waals surface area contributed by atoms with Crippen LogP contribution in [0.5, 0.6) is 0 Å². The molecule has 0 amide bonds. The molecule has 4 rings (SSSR count). The van der Waals surface area contributed by atoms with Crippen LogP contribution in [0.3, 0.4) is 0 Å². The van der Waals surface area contributed by atoms with E-state index in [1.807, 2.05) is 24.3 Å². The van der Waals surface area contributed by atoms with Gasteiger partial charge in [0.2, 0.25) is 0 Å². The molecular weight excluding hydrogens is 393 g/mol. The molecule has 29 heavy (non-hydrogen) atoms. The van der Waals surface area contributed by atoms with E-state index in [0.717, 1.165) is 17.5 Å². The molecule has 0 saturated heterocycles. The van der Waals surface area contributed by atoms with Gasteiger partial charge in [-0.2, -0.15) is 0 Å². The molecule has 1 aliphatic carbocycles. The Morgan fingerprint density at radius 2 is 1.66 bits per heavy atom. The Morgan fingerprint density at radius 3 is 2.41 bits per heavy atom. The average Bonchev–Trinajstić information content (AvgIpc) is 2.73. The van der Waals surface area contributed by atoms with Crippen LogP contribution in [-0.2, 0) is 11.2 Å². The second kappa shape index (κ2) is 7.68. The Bertz CT molecular complexity index is 1160. The first-order valence-electron chi connectivity index (χ1n) is 9.10. The molecule has 0 fully saturated rings. The van der Waals surface area contributed by atoms with Crippen molar-refractivity contribution in [1.29, 1.82) is 0 Å². The van der Waals surface area contributed by atoms with Crippen LogP contribution in [0.2, 0.25) is 5.02 Å². The van der Waals surface area contributed by atoms with Gasteiger partial charge in [0.1, 0.15) is 16.6 Å². The highest BCUT2D eigenvalue weighted by Crippen LogP contribution is 2.44. The summed E-state index contributed by atoms with van der Waals surface area (Å²) in [7, 11) is 1.57. The Balaban J connectivity index is 2.04. The highest BCUT2D eigenvalue weighted by molar-refractivity contribution is 6.35. The molecule has 0 aromatic heterocycles. The fourth-order valence-corrected chi connectivity index (χ4v) is 4.15. The van der Waals surface area contributed by atoms with Crippen molar-refractivity contribution in [2.45, 2.75) is 12.8 Å². The van der Waals surface area contributed by atoms with Crippen molar-refractivity contribution < 1.29 is 14.1 Å². The summed E-state index contributed by atoms with van der Waals surface area (Å²) in [4.78, 5) is 10.8. The van der Waals surface area contributed by atoms with Crippen LogP contribution >= 0.6 is 11.6 Å². The van der Waals surface area contributed by atoms with Crippen LogP contribution in [0.15, 0.2) is 66.4 Å². The lowest BCUT2D eigenvalue weighted by molar-refractivity contribution is -0.384. The minimum atomic E-state index is -0.541. The van der Waals surface area contributed by atoms with Crippen LogP contribution in [0.1, 0.15) is 23.1 Å². The summed E-state index contributed by atoms with van der Waals surface area (Å²) in [5.41, 5.74) is 3.65.